The molecule has 0 N–H and O–H groups in total. The second-order valence-electron chi connectivity index (χ2n) is 4.41. The van der Waals surface area contributed by atoms with Crippen molar-refractivity contribution in [3.63, 3.8) is 0 Å². The Labute approximate surface area is 121 Å². The van der Waals surface area contributed by atoms with Crippen molar-refractivity contribution >= 4 is 27.3 Å². The summed E-state index contributed by atoms with van der Waals surface area (Å²) in [6, 6.07) is 3.07. The van der Waals surface area contributed by atoms with Crippen LogP contribution in [0.2, 0.25) is 5.02 Å². The van der Waals surface area contributed by atoms with Crippen LogP contribution in [0.4, 0.5) is 5.69 Å². The molecule has 20 heavy (non-hydrogen) atoms. The normalized spacial score (nSPS) is 19.4. The second kappa shape index (κ2) is 5.65. The third-order valence-electron chi connectivity index (χ3n) is 3.20. The number of hydrogen-bond donors (Lipinski definition) is 0. The van der Waals surface area contributed by atoms with E-state index in [1.165, 1.54) is 19.2 Å². The van der Waals surface area contributed by atoms with Gasteiger partial charge in [0, 0.05) is 25.8 Å². The van der Waals surface area contributed by atoms with Crippen molar-refractivity contribution in [3.8, 4) is 0 Å². The molecule has 1 unspecified atom stereocenters. The van der Waals surface area contributed by atoms with Gasteiger partial charge < -0.3 is 4.74 Å². The van der Waals surface area contributed by atoms with Crippen molar-refractivity contribution in [2.24, 2.45) is 0 Å². The molecule has 1 saturated heterocycles. The van der Waals surface area contributed by atoms with Crippen LogP contribution in [-0.2, 0) is 14.8 Å². The Hall–Kier alpha value is -1.22. The SMILES string of the molecule is CN(C1CCOC1)S(=O)(=O)c1cc([N+](=O)[O-])ccc1Cl. The second-order valence-corrected chi connectivity index (χ2v) is 6.78. The number of likely N-dealkylation sites (N-methyl/N-ethyl adjacent to an activating group) is 1. The maximum absolute atomic E-state index is 12.5. The summed E-state index contributed by atoms with van der Waals surface area (Å²) in [4.78, 5) is 9.83. The average Bonchev–Trinajstić information content (AvgIpc) is 2.91. The lowest BCUT2D eigenvalue weighted by molar-refractivity contribution is -0.385. The summed E-state index contributed by atoms with van der Waals surface area (Å²) in [6.07, 6.45) is 0.586. The summed E-state index contributed by atoms with van der Waals surface area (Å²) < 4.78 is 31.3. The zero-order chi connectivity index (χ0) is 14.9. The Morgan fingerprint density at radius 2 is 2.20 bits per heavy atom. The van der Waals surface area contributed by atoms with Crippen LogP contribution in [0.5, 0.6) is 0 Å². The Morgan fingerprint density at radius 3 is 2.75 bits per heavy atom. The lowest BCUT2D eigenvalue weighted by Crippen LogP contribution is -2.37. The van der Waals surface area contributed by atoms with E-state index in [0.717, 1.165) is 10.4 Å². The molecule has 0 aromatic heterocycles. The number of rotatable bonds is 4. The lowest BCUT2D eigenvalue weighted by atomic mass is 10.3. The monoisotopic (exact) mass is 320 g/mol. The summed E-state index contributed by atoms with van der Waals surface area (Å²) in [5.41, 5.74) is -0.316. The van der Waals surface area contributed by atoms with Crippen molar-refractivity contribution in [1.29, 1.82) is 0 Å². The number of nitro groups is 1. The van der Waals surface area contributed by atoms with Crippen molar-refractivity contribution in [1.82, 2.24) is 4.31 Å². The lowest BCUT2D eigenvalue weighted by Gasteiger charge is -2.22. The maximum Gasteiger partial charge on any atom is 0.270 e. The molecule has 1 heterocycles. The number of nitrogens with zero attached hydrogens (tertiary/aromatic N) is 2. The van der Waals surface area contributed by atoms with E-state index in [1.54, 1.807) is 0 Å². The molecule has 1 aliphatic heterocycles. The molecule has 0 aliphatic carbocycles. The van der Waals surface area contributed by atoms with Crippen LogP contribution >= 0.6 is 11.6 Å². The molecule has 7 nitrogen and oxygen atoms in total. The summed E-state index contributed by atoms with van der Waals surface area (Å²) in [5, 5.41) is 10.7. The standard InChI is InChI=1S/C11H13ClN2O5S/c1-13(9-4-5-19-7-9)20(17,18)11-6-8(14(15)16)2-3-10(11)12/h2-3,6,9H,4-5,7H2,1H3. The Kier molecular flexibility index (Phi) is 4.28. The molecule has 9 heteroatoms. The van der Waals surface area contributed by atoms with Gasteiger partial charge in [-0.1, -0.05) is 11.6 Å². The third-order valence-corrected chi connectivity index (χ3v) is 5.59. The van der Waals surface area contributed by atoms with Gasteiger partial charge in [-0.2, -0.15) is 4.31 Å². The molecule has 1 aliphatic rings. The van der Waals surface area contributed by atoms with E-state index in [9.17, 15) is 18.5 Å². The van der Waals surface area contributed by atoms with Gasteiger partial charge in [0.05, 0.1) is 22.6 Å². The van der Waals surface area contributed by atoms with Crippen LogP contribution < -0.4 is 0 Å². The number of ether oxygens (including phenoxy) is 1. The van der Waals surface area contributed by atoms with E-state index in [2.05, 4.69) is 0 Å². The zero-order valence-corrected chi connectivity index (χ0v) is 12.2. The highest BCUT2D eigenvalue weighted by Crippen LogP contribution is 2.30. The third kappa shape index (κ3) is 2.78. The van der Waals surface area contributed by atoms with Crippen LogP contribution in [-0.4, -0.2) is 43.9 Å². The van der Waals surface area contributed by atoms with E-state index < -0.39 is 14.9 Å². The number of halogens is 1. The van der Waals surface area contributed by atoms with Crippen molar-refractivity contribution in [2.45, 2.75) is 17.4 Å². The first-order valence-electron chi connectivity index (χ1n) is 5.84. The topological polar surface area (TPSA) is 89.8 Å². The molecule has 2 rings (SSSR count). The predicted octanol–water partition coefficient (Wildman–Crippen LogP) is 1.66. The Bertz CT molecular complexity index is 628. The van der Waals surface area contributed by atoms with E-state index in [1.807, 2.05) is 0 Å². The molecule has 0 radical (unpaired) electrons. The quantitative estimate of drug-likeness (QED) is 0.621. The molecule has 0 bridgehead atoms. The van der Waals surface area contributed by atoms with Crippen LogP contribution in [0, 0.1) is 10.1 Å². The Balaban J connectivity index is 2.42. The highest BCUT2D eigenvalue weighted by molar-refractivity contribution is 7.89. The van der Waals surface area contributed by atoms with Crippen molar-refractivity contribution in [2.75, 3.05) is 20.3 Å². The summed E-state index contributed by atoms with van der Waals surface area (Å²) in [7, 11) is -2.47. The number of sulfonamides is 1. The van der Waals surface area contributed by atoms with Crippen LogP contribution in [0.3, 0.4) is 0 Å². The zero-order valence-electron chi connectivity index (χ0n) is 10.7. The molecule has 0 spiro atoms. The van der Waals surface area contributed by atoms with Gasteiger partial charge in [-0.3, -0.25) is 10.1 Å². The number of nitro benzene ring substituents is 1. The largest absolute Gasteiger partial charge is 0.380 e. The molecular formula is C11H13ClN2O5S. The average molecular weight is 321 g/mol. The number of non-ortho nitro benzene ring substituents is 1. The highest BCUT2D eigenvalue weighted by atomic mass is 35.5. The highest BCUT2D eigenvalue weighted by Gasteiger charge is 2.32. The van der Waals surface area contributed by atoms with E-state index in [0.29, 0.717) is 19.6 Å². The fourth-order valence-corrected chi connectivity index (χ4v) is 3.83. The van der Waals surface area contributed by atoms with Crippen molar-refractivity contribution in [3.05, 3.63) is 33.3 Å². The first kappa shape index (κ1) is 15.2. The van der Waals surface area contributed by atoms with Crippen LogP contribution in [0.25, 0.3) is 0 Å². The maximum atomic E-state index is 12.5. The van der Waals surface area contributed by atoms with Crippen LogP contribution in [0.15, 0.2) is 23.1 Å². The molecule has 0 amide bonds. The molecule has 1 atom stereocenters. The van der Waals surface area contributed by atoms with E-state index in [4.69, 9.17) is 16.3 Å². The summed E-state index contributed by atoms with van der Waals surface area (Å²) in [5.74, 6) is 0. The van der Waals surface area contributed by atoms with Gasteiger partial charge >= 0.3 is 0 Å². The molecule has 110 valence electrons. The fraction of sp³-hybridized carbons (Fsp3) is 0.455. The number of benzene rings is 1. The van der Waals surface area contributed by atoms with Gasteiger partial charge in [0.25, 0.3) is 5.69 Å². The van der Waals surface area contributed by atoms with Gasteiger partial charge in [0.15, 0.2) is 0 Å². The van der Waals surface area contributed by atoms with Gasteiger partial charge in [0.2, 0.25) is 10.0 Å². The number of hydrogen-bond acceptors (Lipinski definition) is 5. The minimum atomic E-state index is -3.89. The van der Waals surface area contributed by atoms with Gasteiger partial charge in [0.1, 0.15) is 4.90 Å². The van der Waals surface area contributed by atoms with Gasteiger partial charge in [-0.05, 0) is 12.5 Å². The molecule has 1 fully saturated rings. The molecular weight excluding hydrogens is 308 g/mol. The first-order valence-corrected chi connectivity index (χ1v) is 7.65. The minimum Gasteiger partial charge on any atom is -0.380 e. The Morgan fingerprint density at radius 1 is 1.50 bits per heavy atom. The summed E-state index contributed by atoms with van der Waals surface area (Å²) >= 11 is 5.88. The fourth-order valence-electron chi connectivity index (χ4n) is 1.96. The smallest absolute Gasteiger partial charge is 0.270 e. The molecule has 0 saturated carbocycles. The van der Waals surface area contributed by atoms with Crippen LogP contribution in [0.1, 0.15) is 6.42 Å². The molecule has 1 aromatic carbocycles. The van der Waals surface area contributed by atoms with Crippen molar-refractivity contribution < 1.29 is 18.1 Å². The molecule has 1 aromatic rings. The van der Waals surface area contributed by atoms with E-state index >= 15 is 0 Å². The predicted molar refractivity (Wildman–Crippen MR) is 72.3 cm³/mol. The minimum absolute atomic E-state index is 0.0404. The summed E-state index contributed by atoms with van der Waals surface area (Å²) in [6.45, 7) is 0.801. The van der Waals surface area contributed by atoms with E-state index in [-0.39, 0.29) is 21.6 Å². The van der Waals surface area contributed by atoms with Gasteiger partial charge in [-0.15, -0.1) is 0 Å². The first-order chi connectivity index (χ1) is 9.34. The van der Waals surface area contributed by atoms with Gasteiger partial charge in [-0.25, -0.2) is 8.42 Å².